The van der Waals surface area contributed by atoms with Crippen molar-refractivity contribution in [3.05, 3.63) is 45.6 Å². The lowest BCUT2D eigenvalue weighted by molar-refractivity contribution is 0.0952. The second kappa shape index (κ2) is 5.21. The van der Waals surface area contributed by atoms with Crippen molar-refractivity contribution in [3.8, 4) is 0 Å². The first-order valence-corrected chi connectivity index (χ1v) is 6.27. The van der Waals surface area contributed by atoms with Crippen molar-refractivity contribution in [1.29, 1.82) is 0 Å². The van der Waals surface area contributed by atoms with Crippen LogP contribution in [0.4, 0.5) is 0 Å². The Balaban J connectivity index is 2.37. The number of fused-ring (bicyclic) bond motifs is 1. The number of allylic oxidation sites excluding steroid dienone is 1. The molecule has 1 aromatic rings. The van der Waals surface area contributed by atoms with E-state index in [9.17, 15) is 9.59 Å². The molecule has 0 radical (unpaired) electrons. The van der Waals surface area contributed by atoms with E-state index in [0.29, 0.717) is 23.4 Å². The molecule has 0 saturated carbocycles. The Morgan fingerprint density at radius 1 is 1.39 bits per heavy atom. The second-order valence-electron chi connectivity index (χ2n) is 4.58. The molecule has 0 bridgehead atoms. The SMILES string of the molecule is C=C1Cc2oc(=O)cc(CCCCC)c2C(=O)N1. The van der Waals surface area contributed by atoms with Crippen LogP contribution in [0.15, 0.2) is 27.6 Å². The van der Waals surface area contributed by atoms with Gasteiger partial charge in [0.15, 0.2) is 0 Å². The predicted molar refractivity (Wildman–Crippen MR) is 68.5 cm³/mol. The van der Waals surface area contributed by atoms with Crippen molar-refractivity contribution >= 4 is 5.91 Å². The van der Waals surface area contributed by atoms with Gasteiger partial charge in [-0.3, -0.25) is 4.79 Å². The molecule has 1 amide bonds. The Kier molecular flexibility index (Phi) is 3.65. The average molecular weight is 247 g/mol. The minimum absolute atomic E-state index is 0.212. The summed E-state index contributed by atoms with van der Waals surface area (Å²) in [6.45, 7) is 5.82. The van der Waals surface area contributed by atoms with E-state index >= 15 is 0 Å². The number of rotatable bonds is 4. The van der Waals surface area contributed by atoms with Crippen LogP contribution < -0.4 is 10.9 Å². The van der Waals surface area contributed by atoms with E-state index in [1.54, 1.807) is 0 Å². The van der Waals surface area contributed by atoms with E-state index in [-0.39, 0.29) is 11.5 Å². The molecule has 1 aromatic heterocycles. The quantitative estimate of drug-likeness (QED) is 0.829. The molecule has 1 N–H and O–H groups in total. The Hall–Kier alpha value is -1.84. The number of aryl methyl sites for hydroxylation is 1. The Morgan fingerprint density at radius 3 is 2.89 bits per heavy atom. The fraction of sp³-hybridized carbons (Fsp3) is 0.429. The van der Waals surface area contributed by atoms with Gasteiger partial charge in [-0.2, -0.15) is 0 Å². The number of carbonyl (C=O) groups excluding carboxylic acids is 1. The summed E-state index contributed by atoms with van der Waals surface area (Å²) < 4.78 is 5.11. The maximum absolute atomic E-state index is 11.9. The molecule has 0 aromatic carbocycles. The van der Waals surface area contributed by atoms with Crippen LogP contribution >= 0.6 is 0 Å². The summed E-state index contributed by atoms with van der Waals surface area (Å²) in [7, 11) is 0. The lowest BCUT2D eigenvalue weighted by atomic mass is 9.97. The van der Waals surface area contributed by atoms with Gasteiger partial charge in [-0.05, 0) is 18.4 Å². The normalized spacial score (nSPS) is 14.3. The molecule has 0 saturated heterocycles. The summed E-state index contributed by atoms with van der Waals surface area (Å²) in [6.07, 6.45) is 4.30. The number of carbonyl (C=O) groups is 1. The van der Waals surface area contributed by atoms with E-state index in [4.69, 9.17) is 4.42 Å². The van der Waals surface area contributed by atoms with Crippen molar-refractivity contribution in [2.45, 2.75) is 39.0 Å². The molecule has 18 heavy (non-hydrogen) atoms. The molecule has 0 fully saturated rings. The van der Waals surface area contributed by atoms with Crippen molar-refractivity contribution in [3.63, 3.8) is 0 Å². The van der Waals surface area contributed by atoms with Crippen LogP contribution in [0, 0.1) is 0 Å². The second-order valence-corrected chi connectivity index (χ2v) is 4.58. The molecule has 1 aliphatic rings. The minimum atomic E-state index is -0.386. The van der Waals surface area contributed by atoms with E-state index in [0.717, 1.165) is 31.2 Å². The highest BCUT2D eigenvalue weighted by Gasteiger charge is 2.25. The lowest BCUT2D eigenvalue weighted by Crippen LogP contribution is -2.32. The summed E-state index contributed by atoms with van der Waals surface area (Å²) in [5, 5.41) is 2.69. The first-order chi connectivity index (χ1) is 8.61. The Morgan fingerprint density at radius 2 is 2.17 bits per heavy atom. The van der Waals surface area contributed by atoms with Crippen molar-refractivity contribution in [2.75, 3.05) is 0 Å². The molecule has 1 aliphatic heterocycles. The van der Waals surface area contributed by atoms with Gasteiger partial charge in [-0.25, -0.2) is 4.79 Å². The number of unbranched alkanes of at least 4 members (excludes halogenated alkanes) is 2. The zero-order valence-electron chi connectivity index (χ0n) is 10.5. The van der Waals surface area contributed by atoms with Crippen LogP contribution in [-0.2, 0) is 12.8 Å². The van der Waals surface area contributed by atoms with Gasteiger partial charge in [0.2, 0.25) is 0 Å². The number of hydrogen-bond donors (Lipinski definition) is 1. The Labute approximate surface area is 106 Å². The molecule has 96 valence electrons. The number of hydrogen-bond acceptors (Lipinski definition) is 3. The van der Waals surface area contributed by atoms with Gasteiger partial charge in [0, 0.05) is 18.2 Å². The predicted octanol–water partition coefficient (Wildman–Crippen LogP) is 2.17. The molecular weight excluding hydrogens is 230 g/mol. The van der Waals surface area contributed by atoms with Crippen LogP contribution in [0.2, 0.25) is 0 Å². The van der Waals surface area contributed by atoms with Crippen LogP contribution in [0.1, 0.15) is 47.9 Å². The van der Waals surface area contributed by atoms with Gasteiger partial charge in [-0.1, -0.05) is 26.3 Å². The average Bonchev–Trinajstić information content (AvgIpc) is 2.27. The molecule has 0 aliphatic carbocycles. The van der Waals surface area contributed by atoms with Crippen molar-refractivity contribution in [1.82, 2.24) is 5.32 Å². The highest BCUT2D eigenvalue weighted by Crippen LogP contribution is 2.21. The molecular formula is C14H17NO3. The molecule has 0 spiro atoms. The minimum Gasteiger partial charge on any atom is -0.427 e. The largest absolute Gasteiger partial charge is 0.427 e. The van der Waals surface area contributed by atoms with Gasteiger partial charge in [0.1, 0.15) is 5.76 Å². The van der Waals surface area contributed by atoms with Crippen LogP contribution in [0.5, 0.6) is 0 Å². The van der Waals surface area contributed by atoms with E-state index < -0.39 is 0 Å². The van der Waals surface area contributed by atoms with Gasteiger partial charge < -0.3 is 9.73 Å². The third kappa shape index (κ3) is 2.53. The summed E-state index contributed by atoms with van der Waals surface area (Å²) >= 11 is 0. The smallest absolute Gasteiger partial charge is 0.336 e. The highest BCUT2D eigenvalue weighted by atomic mass is 16.4. The van der Waals surface area contributed by atoms with Gasteiger partial charge in [0.05, 0.1) is 5.56 Å². The molecule has 0 unspecified atom stereocenters. The van der Waals surface area contributed by atoms with Gasteiger partial charge >= 0.3 is 5.63 Å². The fourth-order valence-corrected chi connectivity index (χ4v) is 2.22. The summed E-state index contributed by atoms with van der Waals surface area (Å²) in [5.41, 5.74) is 1.50. The lowest BCUT2D eigenvalue weighted by Gasteiger charge is -2.19. The maximum atomic E-state index is 11.9. The summed E-state index contributed by atoms with van der Waals surface area (Å²) in [5.74, 6) is 0.235. The fourth-order valence-electron chi connectivity index (χ4n) is 2.22. The molecule has 0 atom stereocenters. The molecule has 4 heteroatoms. The molecule has 2 rings (SSSR count). The first-order valence-electron chi connectivity index (χ1n) is 6.27. The van der Waals surface area contributed by atoms with Crippen LogP contribution in [0.25, 0.3) is 0 Å². The van der Waals surface area contributed by atoms with Gasteiger partial charge in [0.25, 0.3) is 5.91 Å². The summed E-state index contributed by atoms with van der Waals surface area (Å²) in [6, 6.07) is 1.43. The maximum Gasteiger partial charge on any atom is 0.336 e. The van der Waals surface area contributed by atoms with Crippen LogP contribution in [-0.4, -0.2) is 5.91 Å². The third-order valence-electron chi connectivity index (χ3n) is 3.06. The van der Waals surface area contributed by atoms with E-state index in [1.165, 1.54) is 6.07 Å². The van der Waals surface area contributed by atoms with Crippen molar-refractivity contribution in [2.24, 2.45) is 0 Å². The number of nitrogens with one attached hydrogen (secondary N) is 1. The van der Waals surface area contributed by atoms with E-state index in [2.05, 4.69) is 18.8 Å². The standard InChI is InChI=1S/C14H17NO3/c1-3-4-5-6-10-8-12(16)18-11-7-9(2)15-14(17)13(10)11/h8H,2-7H2,1H3,(H,15,17). The first kappa shape index (κ1) is 12.6. The van der Waals surface area contributed by atoms with Crippen molar-refractivity contribution < 1.29 is 9.21 Å². The zero-order valence-corrected chi connectivity index (χ0v) is 10.5. The monoisotopic (exact) mass is 247 g/mol. The van der Waals surface area contributed by atoms with E-state index in [1.807, 2.05) is 0 Å². The topological polar surface area (TPSA) is 59.3 Å². The van der Waals surface area contributed by atoms with Crippen LogP contribution in [0.3, 0.4) is 0 Å². The third-order valence-corrected chi connectivity index (χ3v) is 3.06. The number of amides is 1. The summed E-state index contributed by atoms with van der Waals surface area (Å²) in [4.78, 5) is 23.4. The highest BCUT2D eigenvalue weighted by molar-refractivity contribution is 5.98. The van der Waals surface area contributed by atoms with Gasteiger partial charge in [-0.15, -0.1) is 0 Å². The Bertz CT molecular complexity index is 542. The zero-order chi connectivity index (χ0) is 13.1. The molecule has 2 heterocycles. The molecule has 4 nitrogen and oxygen atoms in total.